The van der Waals surface area contributed by atoms with E-state index in [1.807, 2.05) is 5.32 Å². The number of hydrogen-bond acceptors (Lipinski definition) is 3. The van der Waals surface area contributed by atoms with Gasteiger partial charge in [-0.3, -0.25) is 4.79 Å². The molecule has 0 fully saturated rings. The predicted octanol–water partition coefficient (Wildman–Crippen LogP) is -1.65. The molecular formula is C4H4NO3. The molecule has 4 heteroatoms. The van der Waals surface area contributed by atoms with Gasteiger partial charge in [0.25, 0.3) is 0 Å². The Bertz CT molecular complexity index is 125. The molecule has 0 aromatic carbocycles. The highest BCUT2D eigenvalue weighted by Gasteiger charge is 1.89. The van der Waals surface area contributed by atoms with E-state index in [-0.39, 0.29) is 5.70 Å². The van der Waals surface area contributed by atoms with Crippen LogP contribution >= 0.6 is 0 Å². The molecule has 0 aromatic heterocycles. The first kappa shape index (κ1) is 6.88. The van der Waals surface area contributed by atoms with Crippen molar-refractivity contribution < 1.29 is 14.7 Å². The summed E-state index contributed by atoms with van der Waals surface area (Å²) in [6.07, 6.45) is 1.21. The van der Waals surface area contributed by atoms with Gasteiger partial charge in [0.1, 0.15) is 11.6 Å². The van der Waals surface area contributed by atoms with E-state index >= 15 is 0 Å². The Kier molecular flexibility index (Phi) is 3.48. The van der Waals surface area contributed by atoms with E-state index in [0.29, 0.717) is 0 Å². The fraction of sp³-hybridized carbons (Fsp3) is 0.250. The molecule has 0 spiro atoms. The second-order valence-electron chi connectivity index (χ2n) is 0.966. The van der Waals surface area contributed by atoms with Crippen LogP contribution in [0.1, 0.15) is 0 Å². The maximum atomic E-state index is 9.56. The minimum absolute atomic E-state index is 0.208. The molecule has 1 amide bonds. The zero-order chi connectivity index (χ0) is 6.41. The molecule has 0 aliphatic rings. The van der Waals surface area contributed by atoms with Crippen molar-refractivity contribution in [3.05, 3.63) is 5.70 Å². The van der Waals surface area contributed by atoms with Gasteiger partial charge in [0.05, 0.1) is 6.61 Å². The van der Waals surface area contributed by atoms with E-state index in [9.17, 15) is 9.59 Å². The number of carbonyl (C=O) groups excluding carboxylic acids is 2. The van der Waals surface area contributed by atoms with Gasteiger partial charge in [0.2, 0.25) is 0 Å². The molecule has 0 saturated heterocycles. The standard InChI is InChI=1S/C4H4NO3/c6-1-4(2-7)5-3-8/h6H,1H2,(H,5,8). The van der Waals surface area contributed by atoms with Crippen molar-refractivity contribution in [1.29, 1.82) is 0 Å². The first-order chi connectivity index (χ1) is 3.85. The lowest BCUT2D eigenvalue weighted by Gasteiger charge is -1.88. The highest BCUT2D eigenvalue weighted by molar-refractivity contribution is 5.61. The van der Waals surface area contributed by atoms with Gasteiger partial charge in [0.15, 0.2) is 0 Å². The van der Waals surface area contributed by atoms with Crippen LogP contribution in [0.3, 0.4) is 0 Å². The number of aliphatic hydroxyl groups excluding tert-OH is 1. The molecule has 0 unspecified atom stereocenters. The van der Waals surface area contributed by atoms with Gasteiger partial charge in [-0.25, -0.2) is 4.79 Å². The van der Waals surface area contributed by atoms with Crippen LogP contribution < -0.4 is 5.32 Å². The quantitative estimate of drug-likeness (QED) is 0.341. The summed E-state index contributed by atoms with van der Waals surface area (Å²) in [5, 5.41) is 9.94. The van der Waals surface area contributed by atoms with Crippen molar-refractivity contribution in [2.75, 3.05) is 6.61 Å². The van der Waals surface area contributed by atoms with Gasteiger partial charge in [-0.15, -0.1) is 0 Å². The van der Waals surface area contributed by atoms with E-state index in [1.54, 1.807) is 0 Å². The van der Waals surface area contributed by atoms with E-state index in [1.165, 1.54) is 12.4 Å². The number of amides is 1. The maximum absolute atomic E-state index is 9.56. The van der Waals surface area contributed by atoms with Crippen LogP contribution in [-0.2, 0) is 9.59 Å². The Hall–Kier alpha value is -1.12. The molecule has 0 aliphatic carbocycles. The molecular weight excluding hydrogens is 110 g/mol. The van der Waals surface area contributed by atoms with Gasteiger partial charge in [0, 0.05) is 0 Å². The van der Waals surface area contributed by atoms with E-state index in [4.69, 9.17) is 5.11 Å². The van der Waals surface area contributed by atoms with Crippen LogP contribution in [0.15, 0.2) is 5.70 Å². The highest BCUT2D eigenvalue weighted by Crippen LogP contribution is 1.71. The average molecular weight is 114 g/mol. The summed E-state index contributed by atoms with van der Waals surface area (Å²) in [4.78, 5) is 18.9. The van der Waals surface area contributed by atoms with Crippen LogP contribution in [0, 0.1) is 0 Å². The van der Waals surface area contributed by atoms with E-state index in [2.05, 4.69) is 0 Å². The second kappa shape index (κ2) is 4.05. The molecule has 4 nitrogen and oxygen atoms in total. The average Bonchev–Trinajstić information content (AvgIpc) is 1.83. The summed E-state index contributed by atoms with van der Waals surface area (Å²) < 4.78 is 0. The summed E-state index contributed by atoms with van der Waals surface area (Å²) >= 11 is 0. The summed E-state index contributed by atoms with van der Waals surface area (Å²) in [7, 11) is 0. The second-order valence-corrected chi connectivity index (χ2v) is 0.966. The summed E-state index contributed by atoms with van der Waals surface area (Å²) in [6, 6.07) is 0. The van der Waals surface area contributed by atoms with Crippen molar-refractivity contribution >= 4 is 12.4 Å². The number of hydrogen-bond donors (Lipinski definition) is 2. The fourth-order valence-corrected chi connectivity index (χ4v) is 0.159. The van der Waals surface area contributed by atoms with Crippen molar-refractivity contribution in [3.8, 4) is 0 Å². The number of aliphatic hydroxyl groups is 1. The minimum Gasteiger partial charge on any atom is -0.389 e. The SMILES string of the molecule is O=[C]NC(=C=O)CO. The first-order valence-electron chi connectivity index (χ1n) is 1.83. The van der Waals surface area contributed by atoms with Crippen molar-refractivity contribution in [2.24, 2.45) is 0 Å². The third-order valence-electron chi connectivity index (χ3n) is 0.483. The molecule has 0 rings (SSSR count). The number of rotatable bonds is 3. The minimum atomic E-state index is -0.515. The Labute approximate surface area is 45.8 Å². The zero-order valence-corrected chi connectivity index (χ0v) is 3.97. The van der Waals surface area contributed by atoms with Crippen LogP contribution in [-0.4, -0.2) is 24.1 Å². The lowest BCUT2D eigenvalue weighted by molar-refractivity contribution is 0.326. The predicted molar refractivity (Wildman–Crippen MR) is 25.1 cm³/mol. The molecule has 43 valence electrons. The van der Waals surface area contributed by atoms with Crippen molar-refractivity contribution in [2.45, 2.75) is 0 Å². The summed E-state index contributed by atoms with van der Waals surface area (Å²) in [5.74, 6) is 1.30. The zero-order valence-electron chi connectivity index (χ0n) is 3.97. The largest absolute Gasteiger partial charge is 0.389 e. The molecule has 0 saturated carbocycles. The third kappa shape index (κ3) is 2.12. The monoisotopic (exact) mass is 114 g/mol. The van der Waals surface area contributed by atoms with Crippen LogP contribution in [0.25, 0.3) is 0 Å². The van der Waals surface area contributed by atoms with Gasteiger partial charge >= 0.3 is 6.41 Å². The Morgan fingerprint density at radius 3 is 2.38 bits per heavy atom. The summed E-state index contributed by atoms with van der Waals surface area (Å²) in [5.41, 5.74) is -0.208. The van der Waals surface area contributed by atoms with Crippen LogP contribution in [0.2, 0.25) is 0 Å². The van der Waals surface area contributed by atoms with Gasteiger partial charge in [-0.2, -0.15) is 0 Å². The molecule has 8 heavy (non-hydrogen) atoms. The van der Waals surface area contributed by atoms with Gasteiger partial charge in [-0.05, 0) is 0 Å². The molecule has 0 heterocycles. The van der Waals surface area contributed by atoms with E-state index < -0.39 is 6.61 Å². The normalized spacial score (nSPS) is 7.12. The molecule has 2 N–H and O–H groups in total. The fourth-order valence-electron chi connectivity index (χ4n) is 0.159. The van der Waals surface area contributed by atoms with Gasteiger partial charge in [-0.1, -0.05) is 0 Å². The molecule has 0 aromatic rings. The lowest BCUT2D eigenvalue weighted by atomic mass is 10.5. The topological polar surface area (TPSA) is 66.4 Å². The summed E-state index contributed by atoms with van der Waals surface area (Å²) in [6.45, 7) is -0.515. The van der Waals surface area contributed by atoms with Crippen LogP contribution in [0.5, 0.6) is 0 Å². The molecule has 0 bridgehead atoms. The Balaban J connectivity index is 3.72. The van der Waals surface area contributed by atoms with Crippen molar-refractivity contribution in [1.82, 2.24) is 5.32 Å². The maximum Gasteiger partial charge on any atom is 0.314 e. The van der Waals surface area contributed by atoms with Crippen molar-refractivity contribution in [3.63, 3.8) is 0 Å². The van der Waals surface area contributed by atoms with E-state index in [0.717, 1.165) is 0 Å². The third-order valence-corrected chi connectivity index (χ3v) is 0.483. The highest BCUT2D eigenvalue weighted by atomic mass is 16.3. The number of nitrogens with one attached hydrogen (secondary N) is 1. The molecule has 0 atom stereocenters. The Morgan fingerprint density at radius 2 is 2.25 bits per heavy atom. The first-order valence-corrected chi connectivity index (χ1v) is 1.83. The lowest BCUT2D eigenvalue weighted by Crippen LogP contribution is -2.13. The smallest absolute Gasteiger partial charge is 0.314 e. The van der Waals surface area contributed by atoms with Crippen LogP contribution in [0.4, 0.5) is 0 Å². The van der Waals surface area contributed by atoms with Gasteiger partial charge < -0.3 is 10.4 Å². The Morgan fingerprint density at radius 1 is 1.62 bits per heavy atom. The molecule has 0 aliphatic heterocycles. The molecule has 1 radical (unpaired) electrons.